The zero-order chi connectivity index (χ0) is 17.4. The number of hydrogen-bond acceptors (Lipinski definition) is 4. The summed E-state index contributed by atoms with van der Waals surface area (Å²) in [5.41, 5.74) is 1.46. The van der Waals surface area contributed by atoms with Crippen molar-refractivity contribution in [1.29, 1.82) is 0 Å². The third-order valence-corrected chi connectivity index (χ3v) is 3.35. The summed E-state index contributed by atoms with van der Waals surface area (Å²) in [5.74, 6) is 1.96. The molecule has 0 bridgehead atoms. The molecule has 0 aliphatic heterocycles. The van der Waals surface area contributed by atoms with Crippen molar-refractivity contribution < 1.29 is 19.0 Å². The van der Waals surface area contributed by atoms with Crippen LogP contribution in [0.15, 0.2) is 48.5 Å². The van der Waals surface area contributed by atoms with Crippen molar-refractivity contribution in [2.45, 2.75) is 13.8 Å². The van der Waals surface area contributed by atoms with Gasteiger partial charge in [-0.15, -0.1) is 0 Å². The van der Waals surface area contributed by atoms with E-state index in [1.54, 1.807) is 43.5 Å². The minimum absolute atomic E-state index is 0.0826. The number of benzene rings is 2. The second-order valence-electron chi connectivity index (χ2n) is 5.00. The maximum Gasteiger partial charge on any atom is 0.185 e. The van der Waals surface area contributed by atoms with Crippen LogP contribution in [0.2, 0.25) is 0 Å². The molecule has 4 heteroatoms. The molecule has 0 spiro atoms. The van der Waals surface area contributed by atoms with Crippen LogP contribution in [-0.4, -0.2) is 26.1 Å². The molecule has 0 N–H and O–H groups in total. The SMILES string of the molecule is CCOc1ccc(C=CC(=O)c2cccc(OC)c2)cc1OCC. The van der Waals surface area contributed by atoms with Crippen LogP contribution in [0.5, 0.6) is 17.2 Å². The van der Waals surface area contributed by atoms with Gasteiger partial charge >= 0.3 is 0 Å². The van der Waals surface area contributed by atoms with Crippen molar-refractivity contribution in [2.24, 2.45) is 0 Å². The first-order valence-electron chi connectivity index (χ1n) is 7.94. The average molecular weight is 326 g/mol. The molecule has 126 valence electrons. The molecule has 0 heterocycles. The largest absolute Gasteiger partial charge is 0.497 e. The summed E-state index contributed by atoms with van der Waals surface area (Å²) in [6, 6.07) is 12.7. The van der Waals surface area contributed by atoms with E-state index in [0.29, 0.717) is 36.0 Å². The molecule has 0 atom stereocenters. The predicted molar refractivity (Wildman–Crippen MR) is 95.1 cm³/mol. The molecule has 2 rings (SSSR count). The van der Waals surface area contributed by atoms with Crippen molar-refractivity contribution in [1.82, 2.24) is 0 Å². The summed E-state index contributed by atoms with van der Waals surface area (Å²) in [5, 5.41) is 0. The van der Waals surface area contributed by atoms with Gasteiger partial charge in [-0.3, -0.25) is 4.79 Å². The highest BCUT2D eigenvalue weighted by molar-refractivity contribution is 6.07. The summed E-state index contributed by atoms with van der Waals surface area (Å²) in [6.45, 7) is 4.97. The van der Waals surface area contributed by atoms with E-state index in [-0.39, 0.29) is 5.78 Å². The van der Waals surface area contributed by atoms with Gasteiger partial charge in [0.25, 0.3) is 0 Å². The number of methoxy groups -OCH3 is 1. The van der Waals surface area contributed by atoms with Crippen molar-refractivity contribution in [2.75, 3.05) is 20.3 Å². The van der Waals surface area contributed by atoms with Gasteiger partial charge in [-0.05, 0) is 49.8 Å². The van der Waals surface area contributed by atoms with Gasteiger partial charge in [0.15, 0.2) is 17.3 Å². The van der Waals surface area contributed by atoms with Crippen molar-refractivity contribution in [3.05, 3.63) is 59.7 Å². The molecule has 2 aromatic carbocycles. The van der Waals surface area contributed by atoms with Crippen LogP contribution in [0.4, 0.5) is 0 Å². The first-order valence-corrected chi connectivity index (χ1v) is 7.94. The third-order valence-electron chi connectivity index (χ3n) is 3.35. The second-order valence-corrected chi connectivity index (χ2v) is 5.00. The normalized spacial score (nSPS) is 10.6. The van der Waals surface area contributed by atoms with E-state index in [0.717, 1.165) is 5.56 Å². The Hall–Kier alpha value is -2.75. The van der Waals surface area contributed by atoms with Gasteiger partial charge in [0.05, 0.1) is 20.3 Å². The van der Waals surface area contributed by atoms with Crippen molar-refractivity contribution in [3.63, 3.8) is 0 Å². The van der Waals surface area contributed by atoms with Gasteiger partial charge < -0.3 is 14.2 Å². The van der Waals surface area contributed by atoms with E-state index in [2.05, 4.69) is 0 Å². The molecule has 0 radical (unpaired) electrons. The number of ketones is 1. The molecule has 0 unspecified atom stereocenters. The van der Waals surface area contributed by atoms with Gasteiger partial charge in [0.1, 0.15) is 5.75 Å². The fraction of sp³-hybridized carbons (Fsp3) is 0.250. The first-order chi connectivity index (χ1) is 11.7. The number of hydrogen-bond donors (Lipinski definition) is 0. The third kappa shape index (κ3) is 4.62. The quantitative estimate of drug-likeness (QED) is 0.533. The van der Waals surface area contributed by atoms with Crippen LogP contribution in [0.1, 0.15) is 29.8 Å². The molecule has 4 nitrogen and oxygen atoms in total. The standard InChI is InChI=1S/C20H22O4/c1-4-23-19-12-10-15(13-20(19)24-5-2)9-11-18(21)16-7-6-8-17(14-16)22-3/h6-14H,4-5H2,1-3H3. The van der Waals surface area contributed by atoms with E-state index in [4.69, 9.17) is 14.2 Å². The molecule has 0 aromatic heterocycles. The molecule has 0 saturated heterocycles. The monoisotopic (exact) mass is 326 g/mol. The first kappa shape index (κ1) is 17.6. The van der Waals surface area contributed by atoms with Crippen LogP contribution >= 0.6 is 0 Å². The summed E-state index contributed by atoms with van der Waals surface area (Å²) in [4.78, 5) is 12.3. The highest BCUT2D eigenvalue weighted by atomic mass is 16.5. The van der Waals surface area contributed by atoms with Gasteiger partial charge in [0, 0.05) is 5.56 Å². The van der Waals surface area contributed by atoms with E-state index >= 15 is 0 Å². The van der Waals surface area contributed by atoms with E-state index < -0.39 is 0 Å². The average Bonchev–Trinajstić information content (AvgIpc) is 2.62. The van der Waals surface area contributed by atoms with E-state index in [1.807, 2.05) is 32.0 Å². The lowest BCUT2D eigenvalue weighted by Crippen LogP contribution is -1.98. The molecule has 0 aliphatic rings. The minimum atomic E-state index is -0.0826. The van der Waals surface area contributed by atoms with Crippen LogP contribution in [0.3, 0.4) is 0 Å². The molecule has 0 amide bonds. The molecule has 24 heavy (non-hydrogen) atoms. The van der Waals surface area contributed by atoms with Gasteiger partial charge in [0.2, 0.25) is 0 Å². The lowest BCUT2D eigenvalue weighted by molar-refractivity contribution is 0.104. The van der Waals surface area contributed by atoms with Crippen LogP contribution in [-0.2, 0) is 0 Å². The molecular formula is C20H22O4. The maximum absolute atomic E-state index is 12.3. The Morgan fingerprint density at radius 1 is 1.00 bits per heavy atom. The summed E-state index contributed by atoms with van der Waals surface area (Å²) in [6.07, 6.45) is 3.31. The second kappa shape index (κ2) is 8.77. The van der Waals surface area contributed by atoms with E-state index in [9.17, 15) is 4.79 Å². The Bertz CT molecular complexity index is 719. The molecule has 0 fully saturated rings. The topological polar surface area (TPSA) is 44.8 Å². The Morgan fingerprint density at radius 2 is 1.75 bits per heavy atom. The van der Waals surface area contributed by atoms with Crippen molar-refractivity contribution in [3.8, 4) is 17.2 Å². The number of allylic oxidation sites excluding steroid dienone is 1. The molecule has 2 aromatic rings. The number of carbonyl (C=O) groups is 1. The lowest BCUT2D eigenvalue weighted by atomic mass is 10.1. The van der Waals surface area contributed by atoms with Crippen LogP contribution in [0, 0.1) is 0 Å². The lowest BCUT2D eigenvalue weighted by Gasteiger charge is -2.11. The van der Waals surface area contributed by atoms with Gasteiger partial charge in [-0.2, -0.15) is 0 Å². The van der Waals surface area contributed by atoms with Gasteiger partial charge in [-0.25, -0.2) is 0 Å². The zero-order valence-electron chi connectivity index (χ0n) is 14.2. The Morgan fingerprint density at radius 3 is 2.46 bits per heavy atom. The Kier molecular flexibility index (Phi) is 6.43. The summed E-state index contributed by atoms with van der Waals surface area (Å²) in [7, 11) is 1.58. The molecule has 0 saturated carbocycles. The molecule has 0 aliphatic carbocycles. The maximum atomic E-state index is 12.3. The van der Waals surface area contributed by atoms with Gasteiger partial charge in [-0.1, -0.05) is 24.3 Å². The summed E-state index contributed by atoms with van der Waals surface area (Å²) >= 11 is 0. The minimum Gasteiger partial charge on any atom is -0.497 e. The summed E-state index contributed by atoms with van der Waals surface area (Å²) < 4.78 is 16.3. The fourth-order valence-corrected chi connectivity index (χ4v) is 2.22. The zero-order valence-corrected chi connectivity index (χ0v) is 14.2. The molecular weight excluding hydrogens is 304 g/mol. The van der Waals surface area contributed by atoms with Crippen molar-refractivity contribution >= 4 is 11.9 Å². The number of ether oxygens (including phenoxy) is 3. The fourth-order valence-electron chi connectivity index (χ4n) is 2.22. The van der Waals surface area contributed by atoms with Crippen LogP contribution in [0.25, 0.3) is 6.08 Å². The predicted octanol–water partition coefficient (Wildman–Crippen LogP) is 4.39. The number of rotatable bonds is 8. The smallest absolute Gasteiger partial charge is 0.185 e. The highest BCUT2D eigenvalue weighted by Crippen LogP contribution is 2.29. The number of carbonyl (C=O) groups excluding carboxylic acids is 1. The Balaban J connectivity index is 2.18. The highest BCUT2D eigenvalue weighted by Gasteiger charge is 2.06. The van der Waals surface area contributed by atoms with Crippen LogP contribution < -0.4 is 14.2 Å². The Labute approximate surface area is 142 Å². The van der Waals surface area contributed by atoms with E-state index in [1.165, 1.54) is 0 Å².